The third-order valence-electron chi connectivity index (χ3n) is 5.04. The van der Waals surface area contributed by atoms with E-state index in [0.717, 1.165) is 23.2 Å². The van der Waals surface area contributed by atoms with Gasteiger partial charge in [0.05, 0.1) is 0 Å². The van der Waals surface area contributed by atoms with E-state index in [1.807, 2.05) is 5.92 Å². The number of hydrogen-bond acceptors (Lipinski definition) is 0. The first-order valence-electron chi connectivity index (χ1n) is 6.01. The average molecular weight is 177 g/mol. The summed E-state index contributed by atoms with van der Waals surface area (Å²) < 4.78 is 0. The molecule has 4 bridgehead atoms. The van der Waals surface area contributed by atoms with Gasteiger partial charge in [-0.15, -0.1) is 0 Å². The van der Waals surface area contributed by atoms with E-state index in [4.69, 9.17) is 0 Å². The van der Waals surface area contributed by atoms with Gasteiger partial charge in [-0.1, -0.05) is 13.8 Å². The van der Waals surface area contributed by atoms with Crippen LogP contribution in [0.25, 0.3) is 0 Å². The standard InChI is InChI=1S/C13H21/c1-9(2)13-6-10-3-11(7-13)5-12(4-10)8-13/h9-11H,3-8H2,1-2H3. The molecule has 2 unspecified atom stereocenters. The lowest BCUT2D eigenvalue weighted by Crippen LogP contribution is -2.47. The van der Waals surface area contributed by atoms with Crippen LogP contribution in [0.3, 0.4) is 0 Å². The van der Waals surface area contributed by atoms with Crippen molar-refractivity contribution in [1.29, 1.82) is 0 Å². The zero-order valence-corrected chi connectivity index (χ0v) is 8.97. The molecular formula is C13H21. The maximum Gasteiger partial charge on any atom is -0.0230 e. The van der Waals surface area contributed by atoms with Crippen LogP contribution in [0.5, 0.6) is 0 Å². The van der Waals surface area contributed by atoms with Crippen LogP contribution in [0.2, 0.25) is 0 Å². The molecule has 4 fully saturated rings. The van der Waals surface area contributed by atoms with Gasteiger partial charge < -0.3 is 0 Å². The molecule has 73 valence electrons. The van der Waals surface area contributed by atoms with Gasteiger partial charge in [0, 0.05) is 0 Å². The van der Waals surface area contributed by atoms with Gasteiger partial charge in [0.1, 0.15) is 0 Å². The van der Waals surface area contributed by atoms with Gasteiger partial charge in [0.15, 0.2) is 0 Å². The van der Waals surface area contributed by atoms with Crippen molar-refractivity contribution in [2.75, 3.05) is 0 Å². The Morgan fingerprint density at radius 2 is 1.77 bits per heavy atom. The largest absolute Gasteiger partial charge is 0.0622 e. The Balaban J connectivity index is 1.91. The van der Waals surface area contributed by atoms with E-state index in [-0.39, 0.29) is 0 Å². The smallest absolute Gasteiger partial charge is 0.0230 e. The summed E-state index contributed by atoms with van der Waals surface area (Å²) in [6.45, 7) is 4.90. The molecule has 2 atom stereocenters. The van der Waals surface area contributed by atoms with Crippen molar-refractivity contribution >= 4 is 0 Å². The lowest BCUT2D eigenvalue weighted by Gasteiger charge is -2.58. The maximum absolute atomic E-state index is 2.45. The van der Waals surface area contributed by atoms with Gasteiger partial charge in [-0.25, -0.2) is 0 Å². The van der Waals surface area contributed by atoms with Crippen molar-refractivity contribution in [2.45, 2.75) is 52.4 Å². The molecule has 4 saturated carbocycles. The highest BCUT2D eigenvalue weighted by molar-refractivity contribution is 5.14. The topological polar surface area (TPSA) is 0 Å². The van der Waals surface area contributed by atoms with E-state index in [1.54, 1.807) is 19.3 Å². The lowest BCUT2D eigenvalue weighted by molar-refractivity contribution is -0.0268. The molecule has 4 aliphatic carbocycles. The minimum absolute atomic E-state index is 0.763. The molecule has 0 nitrogen and oxygen atoms in total. The van der Waals surface area contributed by atoms with Crippen LogP contribution in [0.15, 0.2) is 0 Å². The summed E-state index contributed by atoms with van der Waals surface area (Å²) in [7, 11) is 0. The van der Waals surface area contributed by atoms with Crippen LogP contribution in [0.1, 0.15) is 52.4 Å². The Labute approximate surface area is 82.1 Å². The Hall–Kier alpha value is 0. The highest BCUT2D eigenvalue weighted by Crippen LogP contribution is 2.63. The van der Waals surface area contributed by atoms with Crippen LogP contribution in [-0.4, -0.2) is 0 Å². The summed E-state index contributed by atoms with van der Waals surface area (Å²) in [4.78, 5) is 0. The predicted molar refractivity (Wildman–Crippen MR) is 55.2 cm³/mol. The maximum atomic E-state index is 2.45. The molecule has 0 N–H and O–H groups in total. The highest BCUT2D eigenvalue weighted by Gasteiger charge is 2.52. The van der Waals surface area contributed by atoms with Gasteiger partial charge in [-0.3, -0.25) is 0 Å². The van der Waals surface area contributed by atoms with E-state index < -0.39 is 0 Å². The molecule has 0 aromatic heterocycles. The molecule has 1 radical (unpaired) electrons. The van der Waals surface area contributed by atoms with E-state index >= 15 is 0 Å². The molecule has 4 rings (SSSR count). The second-order valence-corrected chi connectivity index (χ2v) is 6.23. The van der Waals surface area contributed by atoms with Crippen molar-refractivity contribution in [3.8, 4) is 0 Å². The summed E-state index contributed by atoms with van der Waals surface area (Å²) >= 11 is 0. The number of hydrogen-bond donors (Lipinski definition) is 0. The first kappa shape index (κ1) is 8.32. The fourth-order valence-electron chi connectivity index (χ4n) is 4.54. The molecule has 0 heterocycles. The fraction of sp³-hybridized carbons (Fsp3) is 0.923. The molecule has 0 spiro atoms. The monoisotopic (exact) mass is 177 g/mol. The van der Waals surface area contributed by atoms with E-state index in [0.29, 0.717) is 0 Å². The second-order valence-electron chi connectivity index (χ2n) is 6.23. The van der Waals surface area contributed by atoms with Crippen LogP contribution in [-0.2, 0) is 0 Å². The van der Waals surface area contributed by atoms with Crippen molar-refractivity contribution in [3.05, 3.63) is 5.92 Å². The first-order chi connectivity index (χ1) is 6.18. The molecule has 0 saturated heterocycles. The minimum atomic E-state index is 0.763. The Kier molecular flexibility index (Phi) is 1.61. The van der Waals surface area contributed by atoms with E-state index in [1.165, 1.54) is 19.3 Å². The van der Waals surface area contributed by atoms with Crippen LogP contribution in [0, 0.1) is 29.1 Å². The minimum Gasteiger partial charge on any atom is -0.0622 e. The van der Waals surface area contributed by atoms with Crippen LogP contribution in [0.4, 0.5) is 0 Å². The second kappa shape index (κ2) is 2.52. The van der Waals surface area contributed by atoms with Gasteiger partial charge in [0.25, 0.3) is 0 Å². The molecule has 13 heavy (non-hydrogen) atoms. The Bertz CT molecular complexity index is 179. The van der Waals surface area contributed by atoms with Crippen LogP contribution >= 0.6 is 0 Å². The zero-order valence-electron chi connectivity index (χ0n) is 8.97. The zero-order chi connectivity index (χ0) is 9.05. The number of rotatable bonds is 1. The molecule has 4 aliphatic rings. The van der Waals surface area contributed by atoms with Crippen molar-refractivity contribution in [2.24, 2.45) is 23.2 Å². The van der Waals surface area contributed by atoms with Gasteiger partial charge in [-0.2, -0.15) is 0 Å². The van der Waals surface area contributed by atoms with E-state index in [2.05, 4.69) is 13.8 Å². The molecule has 0 amide bonds. The summed E-state index contributed by atoms with van der Waals surface area (Å²) in [5.74, 6) is 5.05. The highest BCUT2D eigenvalue weighted by atomic mass is 14.6. The summed E-state index contributed by atoms with van der Waals surface area (Å²) in [5.41, 5.74) is 0.763. The van der Waals surface area contributed by atoms with Crippen molar-refractivity contribution in [1.82, 2.24) is 0 Å². The fourth-order valence-corrected chi connectivity index (χ4v) is 4.54. The van der Waals surface area contributed by atoms with E-state index in [9.17, 15) is 0 Å². The third-order valence-corrected chi connectivity index (χ3v) is 5.04. The predicted octanol–water partition coefficient (Wildman–Crippen LogP) is 3.82. The third kappa shape index (κ3) is 1.10. The van der Waals surface area contributed by atoms with Gasteiger partial charge in [-0.05, 0) is 67.6 Å². The van der Waals surface area contributed by atoms with Crippen molar-refractivity contribution in [3.63, 3.8) is 0 Å². The summed E-state index contributed by atoms with van der Waals surface area (Å²) in [5, 5.41) is 0. The lowest BCUT2D eigenvalue weighted by atomic mass is 9.47. The average Bonchev–Trinajstić information content (AvgIpc) is 2.00. The van der Waals surface area contributed by atoms with Crippen molar-refractivity contribution < 1.29 is 0 Å². The quantitative estimate of drug-likeness (QED) is 0.571. The Morgan fingerprint density at radius 1 is 1.15 bits per heavy atom. The summed E-state index contributed by atoms with van der Waals surface area (Å²) in [6.07, 6.45) is 9.20. The molecule has 0 aromatic carbocycles. The normalized spacial score (nSPS) is 49.2. The Morgan fingerprint density at radius 3 is 2.23 bits per heavy atom. The molecular weight excluding hydrogens is 156 g/mol. The molecule has 0 heteroatoms. The molecule has 0 aromatic rings. The SMILES string of the molecule is CC(C)C12C[C]3CC(CC(C3)C1)C2. The van der Waals surface area contributed by atoms with Gasteiger partial charge in [0.2, 0.25) is 0 Å². The summed E-state index contributed by atoms with van der Waals surface area (Å²) in [6, 6.07) is 0. The molecule has 0 aliphatic heterocycles. The first-order valence-corrected chi connectivity index (χ1v) is 6.01. The van der Waals surface area contributed by atoms with Crippen LogP contribution < -0.4 is 0 Å². The van der Waals surface area contributed by atoms with Gasteiger partial charge >= 0.3 is 0 Å².